The highest BCUT2D eigenvalue weighted by Gasteiger charge is 2.19. The zero-order valence-electron chi connectivity index (χ0n) is 21.3. The fourth-order valence-corrected chi connectivity index (χ4v) is 2.96. The zero-order valence-corrected chi connectivity index (χ0v) is 21.3. The lowest BCUT2D eigenvalue weighted by atomic mass is 10.1. The minimum atomic E-state index is -0.774. The highest BCUT2D eigenvalue weighted by atomic mass is 16.5. The summed E-state index contributed by atoms with van der Waals surface area (Å²) >= 11 is 0. The fourth-order valence-electron chi connectivity index (χ4n) is 2.96. The molecule has 210 valence electrons. The van der Waals surface area contributed by atoms with Crippen LogP contribution in [0.4, 0.5) is 0 Å². The van der Waals surface area contributed by atoms with Crippen LogP contribution in [0.2, 0.25) is 0 Å². The van der Waals surface area contributed by atoms with E-state index in [1.807, 2.05) is 0 Å². The van der Waals surface area contributed by atoms with E-state index in [4.69, 9.17) is 25.2 Å². The lowest BCUT2D eigenvalue weighted by molar-refractivity contribution is -0.137. The second-order valence-corrected chi connectivity index (χ2v) is 7.93. The standard InChI is InChI=1S/C22H44N6O8/c1-18(29)27-19(7-4-5-9-26-28-23)22(33)25-17-20(30)24-10-12-35-14-16-36-15-13-34-11-6-2-3-8-21(31)32/h19,26,28H,2-17,23H2,1H3,(H,24,30)(H,25,33)(H,27,29)(H,31,32). The molecule has 14 heteroatoms. The maximum atomic E-state index is 12.3. The van der Waals surface area contributed by atoms with E-state index in [9.17, 15) is 19.2 Å². The number of carbonyl (C=O) groups excluding carboxylic acids is 3. The van der Waals surface area contributed by atoms with Crippen LogP contribution in [0.15, 0.2) is 0 Å². The molecule has 1 unspecified atom stereocenters. The van der Waals surface area contributed by atoms with Crippen molar-refractivity contribution in [2.45, 2.75) is 57.9 Å². The van der Waals surface area contributed by atoms with E-state index in [0.29, 0.717) is 65.4 Å². The highest BCUT2D eigenvalue weighted by molar-refractivity contribution is 5.90. The number of hydrogen-bond acceptors (Lipinski definition) is 10. The third-order valence-electron chi connectivity index (χ3n) is 4.76. The molecule has 36 heavy (non-hydrogen) atoms. The monoisotopic (exact) mass is 520 g/mol. The molecule has 0 heterocycles. The number of hydrogen-bond donors (Lipinski definition) is 7. The van der Waals surface area contributed by atoms with Crippen LogP contribution >= 0.6 is 0 Å². The number of carboxylic acid groups (broad SMARTS) is 1. The Balaban J connectivity index is 3.66. The van der Waals surface area contributed by atoms with Crippen molar-refractivity contribution in [3.63, 3.8) is 0 Å². The number of carboxylic acids is 1. The predicted octanol–water partition coefficient (Wildman–Crippen LogP) is -1.44. The number of nitrogens with two attached hydrogens (primary N) is 1. The Morgan fingerprint density at radius 1 is 0.806 bits per heavy atom. The molecule has 0 spiro atoms. The van der Waals surface area contributed by atoms with Gasteiger partial charge in [0.25, 0.3) is 0 Å². The van der Waals surface area contributed by atoms with Gasteiger partial charge in [0.2, 0.25) is 17.7 Å². The molecule has 1 atom stereocenters. The molecule has 0 saturated carbocycles. The molecule has 3 amide bonds. The molecule has 0 saturated heterocycles. The number of aliphatic carboxylic acids is 1. The van der Waals surface area contributed by atoms with E-state index in [0.717, 1.165) is 19.3 Å². The number of nitrogens with one attached hydrogen (secondary N) is 5. The maximum Gasteiger partial charge on any atom is 0.303 e. The van der Waals surface area contributed by atoms with E-state index in [2.05, 4.69) is 26.9 Å². The number of carbonyl (C=O) groups is 4. The van der Waals surface area contributed by atoms with Crippen molar-refractivity contribution >= 4 is 23.7 Å². The number of amides is 3. The van der Waals surface area contributed by atoms with Crippen LogP contribution in [-0.2, 0) is 33.4 Å². The van der Waals surface area contributed by atoms with Crippen LogP contribution in [0, 0.1) is 0 Å². The van der Waals surface area contributed by atoms with Gasteiger partial charge in [-0.1, -0.05) is 6.42 Å². The van der Waals surface area contributed by atoms with Gasteiger partial charge in [0.1, 0.15) is 6.04 Å². The van der Waals surface area contributed by atoms with Crippen LogP contribution < -0.4 is 32.8 Å². The van der Waals surface area contributed by atoms with Gasteiger partial charge in [-0.05, 0) is 32.1 Å². The summed E-state index contributed by atoms with van der Waals surface area (Å²) in [6.07, 6.45) is 4.38. The van der Waals surface area contributed by atoms with Gasteiger partial charge in [0.15, 0.2) is 0 Å². The van der Waals surface area contributed by atoms with Gasteiger partial charge in [-0.15, -0.1) is 0 Å². The molecular formula is C22H44N6O8. The SMILES string of the molecule is CC(=O)NC(CCCCNNN)C(=O)NCC(=O)NCCOCCOCCOCCCCCC(=O)O. The second kappa shape index (κ2) is 24.3. The second-order valence-electron chi connectivity index (χ2n) is 7.93. The molecule has 0 aliphatic carbocycles. The van der Waals surface area contributed by atoms with Crippen molar-refractivity contribution in [3.05, 3.63) is 0 Å². The topological polar surface area (TPSA) is 202 Å². The molecule has 0 aromatic carbocycles. The fraction of sp³-hybridized carbons (Fsp3) is 0.818. The zero-order chi connectivity index (χ0) is 26.9. The summed E-state index contributed by atoms with van der Waals surface area (Å²) < 4.78 is 16.2. The van der Waals surface area contributed by atoms with E-state index in [1.165, 1.54) is 6.92 Å². The number of rotatable bonds is 25. The highest BCUT2D eigenvalue weighted by Crippen LogP contribution is 2.01. The van der Waals surface area contributed by atoms with Gasteiger partial charge in [0, 0.05) is 33.0 Å². The Hall–Kier alpha value is -2.36. The minimum Gasteiger partial charge on any atom is -0.481 e. The summed E-state index contributed by atoms with van der Waals surface area (Å²) in [5.41, 5.74) is 5.06. The van der Waals surface area contributed by atoms with Crippen LogP contribution in [0.1, 0.15) is 51.9 Å². The van der Waals surface area contributed by atoms with Crippen LogP contribution in [0.3, 0.4) is 0 Å². The smallest absolute Gasteiger partial charge is 0.303 e. The molecule has 14 nitrogen and oxygen atoms in total. The summed E-state index contributed by atoms with van der Waals surface area (Å²) in [5, 5.41) is 16.3. The molecule has 0 radical (unpaired) electrons. The first-order valence-electron chi connectivity index (χ1n) is 12.3. The van der Waals surface area contributed by atoms with E-state index < -0.39 is 17.9 Å². The third kappa shape index (κ3) is 23.4. The molecule has 0 fully saturated rings. The Bertz CT molecular complexity index is 611. The molecule has 0 aliphatic rings. The Morgan fingerprint density at radius 3 is 2.11 bits per heavy atom. The van der Waals surface area contributed by atoms with Crippen molar-refractivity contribution in [2.75, 3.05) is 59.3 Å². The van der Waals surface area contributed by atoms with Gasteiger partial charge in [0.05, 0.1) is 39.6 Å². The summed E-state index contributed by atoms with van der Waals surface area (Å²) in [4.78, 5) is 46.0. The van der Waals surface area contributed by atoms with Crippen molar-refractivity contribution < 1.29 is 38.5 Å². The Kier molecular flexibility index (Phi) is 22.7. The van der Waals surface area contributed by atoms with Crippen LogP contribution in [0.5, 0.6) is 0 Å². The predicted molar refractivity (Wildman–Crippen MR) is 131 cm³/mol. The normalized spacial score (nSPS) is 11.6. The van der Waals surface area contributed by atoms with E-state index in [1.54, 1.807) is 0 Å². The lowest BCUT2D eigenvalue weighted by Gasteiger charge is -2.17. The quantitative estimate of drug-likeness (QED) is 0.0422. The summed E-state index contributed by atoms with van der Waals surface area (Å²) in [6.45, 7) is 4.60. The lowest BCUT2D eigenvalue weighted by Crippen LogP contribution is -2.48. The van der Waals surface area contributed by atoms with E-state index >= 15 is 0 Å². The van der Waals surface area contributed by atoms with Gasteiger partial charge in [-0.3, -0.25) is 25.0 Å². The first-order chi connectivity index (χ1) is 17.4. The average molecular weight is 521 g/mol. The molecule has 0 aliphatic heterocycles. The number of hydrazine groups is 2. The maximum absolute atomic E-state index is 12.3. The van der Waals surface area contributed by atoms with Crippen LogP contribution in [-0.4, -0.2) is 94.1 Å². The van der Waals surface area contributed by atoms with Gasteiger partial charge in [-0.2, -0.15) is 5.53 Å². The summed E-state index contributed by atoms with van der Waals surface area (Å²) in [6, 6.07) is -0.710. The Morgan fingerprint density at radius 2 is 1.47 bits per heavy atom. The molecule has 0 aromatic heterocycles. The van der Waals surface area contributed by atoms with Crippen molar-refractivity contribution in [3.8, 4) is 0 Å². The van der Waals surface area contributed by atoms with Crippen molar-refractivity contribution in [1.82, 2.24) is 26.9 Å². The number of ether oxygens (including phenoxy) is 3. The summed E-state index contributed by atoms with van der Waals surface area (Å²) in [5.74, 6) is 3.24. The molecule has 0 aromatic rings. The van der Waals surface area contributed by atoms with Gasteiger partial charge in [-0.25, -0.2) is 5.43 Å². The molecule has 0 bridgehead atoms. The summed E-state index contributed by atoms with van der Waals surface area (Å²) in [7, 11) is 0. The Labute approximate surface area is 212 Å². The van der Waals surface area contributed by atoms with E-state index in [-0.39, 0.29) is 31.3 Å². The largest absolute Gasteiger partial charge is 0.481 e. The third-order valence-corrected chi connectivity index (χ3v) is 4.76. The first kappa shape index (κ1) is 33.6. The number of unbranched alkanes of at least 4 members (excludes halogenated alkanes) is 3. The molecular weight excluding hydrogens is 476 g/mol. The average Bonchev–Trinajstić information content (AvgIpc) is 2.83. The minimum absolute atomic E-state index is 0.192. The van der Waals surface area contributed by atoms with Crippen LogP contribution in [0.25, 0.3) is 0 Å². The van der Waals surface area contributed by atoms with Crippen molar-refractivity contribution in [1.29, 1.82) is 0 Å². The van der Waals surface area contributed by atoms with Crippen molar-refractivity contribution in [2.24, 2.45) is 5.84 Å². The first-order valence-corrected chi connectivity index (χ1v) is 12.3. The van der Waals surface area contributed by atoms with Gasteiger partial charge >= 0.3 is 5.97 Å². The molecule has 8 N–H and O–H groups in total. The van der Waals surface area contributed by atoms with Gasteiger partial charge < -0.3 is 35.3 Å². The molecule has 0 rings (SSSR count).